The highest BCUT2D eigenvalue weighted by atomic mass is 35.5. The summed E-state index contributed by atoms with van der Waals surface area (Å²) in [6.45, 7) is 4.59. The largest absolute Gasteiger partial charge is 0.370 e. The quantitative estimate of drug-likeness (QED) is 0.759. The van der Waals surface area contributed by atoms with Crippen LogP contribution in [0, 0.1) is 5.92 Å². The van der Waals surface area contributed by atoms with Gasteiger partial charge in [0, 0.05) is 25.2 Å². The molecule has 1 unspecified atom stereocenters. The molecule has 0 saturated carbocycles. The number of anilines is 1. The molecule has 2 heterocycles. The monoisotopic (exact) mass is 266 g/mol. The molecule has 3 heteroatoms. The lowest BCUT2D eigenvalue weighted by Gasteiger charge is -2.24. The maximum Gasteiger partial charge on any atom is 0.0597 e. The van der Waals surface area contributed by atoms with Crippen LogP contribution in [-0.4, -0.2) is 18.1 Å². The molecule has 2 nitrogen and oxygen atoms in total. The first-order chi connectivity index (χ1) is 8.85. The van der Waals surface area contributed by atoms with Crippen molar-refractivity contribution in [3.8, 4) is 0 Å². The second-order valence-electron chi connectivity index (χ2n) is 5.21. The maximum absolute atomic E-state index is 6.02. The van der Waals surface area contributed by atoms with Gasteiger partial charge >= 0.3 is 0 Å². The molecule has 1 aromatic heterocycles. The Balaban J connectivity index is 2.05. The van der Waals surface area contributed by atoms with Gasteiger partial charge in [0.1, 0.15) is 0 Å². The van der Waals surface area contributed by atoms with Gasteiger partial charge in [-0.3, -0.25) is 4.98 Å². The van der Waals surface area contributed by atoms with Gasteiger partial charge in [0.25, 0.3) is 0 Å². The van der Waals surface area contributed by atoms with Crippen molar-refractivity contribution in [2.75, 3.05) is 18.0 Å². The van der Waals surface area contributed by atoms with Crippen molar-refractivity contribution in [2.24, 2.45) is 5.92 Å². The molecule has 100 valence electrons. The van der Waals surface area contributed by atoms with Crippen molar-refractivity contribution in [3.63, 3.8) is 0 Å². The van der Waals surface area contributed by atoms with Gasteiger partial charge in [-0.1, -0.05) is 19.8 Å². The molecule has 18 heavy (non-hydrogen) atoms. The van der Waals surface area contributed by atoms with Gasteiger partial charge in [0.2, 0.25) is 0 Å². The first-order valence-corrected chi connectivity index (χ1v) is 7.62. The topological polar surface area (TPSA) is 16.1 Å². The van der Waals surface area contributed by atoms with Crippen LogP contribution in [0.3, 0.4) is 0 Å². The normalized spacial score (nSPS) is 20.8. The first kappa shape index (κ1) is 13.7. The second-order valence-corrected chi connectivity index (χ2v) is 5.48. The third-order valence-electron chi connectivity index (χ3n) is 3.92. The summed E-state index contributed by atoms with van der Waals surface area (Å²) in [4.78, 5) is 6.73. The molecule has 0 radical (unpaired) electrons. The Morgan fingerprint density at radius 2 is 2.28 bits per heavy atom. The van der Waals surface area contributed by atoms with Crippen molar-refractivity contribution in [2.45, 2.75) is 44.9 Å². The minimum atomic E-state index is 0.576. The standard InChI is InChI=1S/C15H23ClN2/c1-2-4-13-5-3-9-18(10-7-13)15-12-17-8-6-14(15)11-16/h6,8,12-13H,2-5,7,9-11H2,1H3. The Labute approximate surface area is 115 Å². The average Bonchev–Trinajstić information content (AvgIpc) is 2.65. The molecule has 1 aromatic rings. The fraction of sp³-hybridized carbons (Fsp3) is 0.667. The van der Waals surface area contributed by atoms with Gasteiger partial charge in [0.05, 0.1) is 11.9 Å². The van der Waals surface area contributed by atoms with E-state index in [0.717, 1.165) is 19.0 Å². The lowest BCUT2D eigenvalue weighted by Crippen LogP contribution is -2.25. The Morgan fingerprint density at radius 1 is 1.39 bits per heavy atom. The van der Waals surface area contributed by atoms with Crippen molar-refractivity contribution >= 4 is 17.3 Å². The fourth-order valence-corrected chi connectivity index (χ4v) is 3.14. The Hall–Kier alpha value is -0.760. The SMILES string of the molecule is CCCC1CCCN(c2cnccc2CCl)CC1. The number of alkyl halides is 1. The van der Waals surface area contributed by atoms with Crippen LogP contribution < -0.4 is 4.90 Å². The number of halogens is 1. The summed E-state index contributed by atoms with van der Waals surface area (Å²) in [5.74, 6) is 1.49. The third-order valence-corrected chi connectivity index (χ3v) is 4.20. The maximum atomic E-state index is 6.02. The molecule has 2 rings (SSSR count). The zero-order chi connectivity index (χ0) is 12.8. The number of rotatable bonds is 4. The summed E-state index contributed by atoms with van der Waals surface area (Å²) in [5, 5.41) is 0. The number of aromatic nitrogens is 1. The van der Waals surface area contributed by atoms with Crippen molar-refractivity contribution in [1.29, 1.82) is 0 Å². The lowest BCUT2D eigenvalue weighted by molar-refractivity contribution is 0.435. The number of nitrogens with zero attached hydrogens (tertiary/aromatic N) is 2. The van der Waals surface area contributed by atoms with E-state index < -0.39 is 0 Å². The minimum Gasteiger partial charge on any atom is -0.370 e. The molecule has 0 aromatic carbocycles. The Kier molecular flexibility index (Phi) is 5.30. The molecule has 0 bridgehead atoms. The zero-order valence-electron chi connectivity index (χ0n) is 11.2. The molecule has 1 fully saturated rings. The summed E-state index contributed by atoms with van der Waals surface area (Å²) in [5.41, 5.74) is 2.45. The van der Waals surface area contributed by atoms with Gasteiger partial charge < -0.3 is 4.90 Å². The van der Waals surface area contributed by atoms with Gasteiger partial charge in [-0.2, -0.15) is 0 Å². The van der Waals surface area contributed by atoms with Gasteiger partial charge in [-0.05, 0) is 36.8 Å². The van der Waals surface area contributed by atoms with Crippen LogP contribution in [0.5, 0.6) is 0 Å². The molecule has 1 aliphatic rings. The Bertz CT molecular complexity index is 367. The predicted octanol–water partition coefficient (Wildman–Crippen LogP) is 4.23. The molecule has 0 amide bonds. The van der Waals surface area contributed by atoms with Crippen LogP contribution in [-0.2, 0) is 5.88 Å². The predicted molar refractivity (Wildman–Crippen MR) is 78.3 cm³/mol. The molecule has 0 spiro atoms. The van der Waals surface area contributed by atoms with Crippen molar-refractivity contribution in [1.82, 2.24) is 4.98 Å². The third kappa shape index (κ3) is 3.38. The van der Waals surface area contributed by atoms with Crippen molar-refractivity contribution in [3.05, 3.63) is 24.0 Å². The van der Waals surface area contributed by atoms with E-state index in [1.807, 2.05) is 18.5 Å². The van der Waals surface area contributed by atoms with E-state index in [1.54, 1.807) is 0 Å². The molecule has 0 N–H and O–H groups in total. The highest BCUT2D eigenvalue weighted by molar-refractivity contribution is 6.17. The van der Waals surface area contributed by atoms with E-state index in [0.29, 0.717) is 5.88 Å². The first-order valence-electron chi connectivity index (χ1n) is 7.09. The molecule has 0 aliphatic carbocycles. The smallest absolute Gasteiger partial charge is 0.0597 e. The molecule has 1 atom stereocenters. The number of hydrogen-bond donors (Lipinski definition) is 0. The van der Waals surface area contributed by atoms with E-state index in [1.165, 1.54) is 43.4 Å². The van der Waals surface area contributed by atoms with Crippen molar-refractivity contribution < 1.29 is 0 Å². The van der Waals surface area contributed by atoms with E-state index in [2.05, 4.69) is 16.8 Å². The van der Waals surface area contributed by atoms with Crippen LogP contribution in [0.25, 0.3) is 0 Å². The molecule has 1 aliphatic heterocycles. The van der Waals surface area contributed by atoms with Crippen LogP contribution in [0.1, 0.15) is 44.6 Å². The fourth-order valence-electron chi connectivity index (χ4n) is 2.92. The summed E-state index contributed by atoms with van der Waals surface area (Å²) >= 11 is 6.02. The minimum absolute atomic E-state index is 0.576. The average molecular weight is 267 g/mol. The number of pyridine rings is 1. The van der Waals surface area contributed by atoms with E-state index >= 15 is 0 Å². The van der Waals surface area contributed by atoms with E-state index in [-0.39, 0.29) is 0 Å². The summed E-state index contributed by atoms with van der Waals surface area (Å²) in [6.07, 6.45) is 10.5. The van der Waals surface area contributed by atoms with Gasteiger partial charge in [0.15, 0.2) is 0 Å². The van der Waals surface area contributed by atoms with Gasteiger partial charge in [-0.15, -0.1) is 11.6 Å². The summed E-state index contributed by atoms with van der Waals surface area (Å²) in [6, 6.07) is 2.04. The highest BCUT2D eigenvalue weighted by Crippen LogP contribution is 2.27. The molecular weight excluding hydrogens is 244 g/mol. The molecule has 1 saturated heterocycles. The number of hydrogen-bond acceptors (Lipinski definition) is 2. The van der Waals surface area contributed by atoms with Crippen LogP contribution in [0.15, 0.2) is 18.5 Å². The lowest BCUT2D eigenvalue weighted by atomic mass is 9.96. The van der Waals surface area contributed by atoms with E-state index in [9.17, 15) is 0 Å². The molecular formula is C15H23ClN2. The Morgan fingerprint density at radius 3 is 3.06 bits per heavy atom. The second kappa shape index (κ2) is 6.98. The van der Waals surface area contributed by atoms with Gasteiger partial charge in [-0.25, -0.2) is 0 Å². The summed E-state index contributed by atoms with van der Waals surface area (Å²) < 4.78 is 0. The summed E-state index contributed by atoms with van der Waals surface area (Å²) in [7, 11) is 0. The van der Waals surface area contributed by atoms with Crippen LogP contribution in [0.4, 0.5) is 5.69 Å². The zero-order valence-corrected chi connectivity index (χ0v) is 12.0. The van der Waals surface area contributed by atoms with Crippen LogP contribution >= 0.6 is 11.6 Å². The van der Waals surface area contributed by atoms with E-state index in [4.69, 9.17) is 11.6 Å². The van der Waals surface area contributed by atoms with Crippen LogP contribution in [0.2, 0.25) is 0 Å². The highest BCUT2D eigenvalue weighted by Gasteiger charge is 2.18.